The SMILES string of the molecule is CCCNC(=NC)NCc1cccc(OCCN2CCOCC2)c1.I. The van der Waals surface area contributed by atoms with E-state index < -0.39 is 0 Å². The Labute approximate surface area is 168 Å². The standard InChI is InChI=1S/C18H30N4O2.HI/c1-3-7-20-18(19-2)21-15-16-5-4-6-17(14-16)24-13-10-22-8-11-23-12-9-22;/h4-6,14H,3,7-13,15H2,1-2H3,(H2,19,20,21);1H. The van der Waals surface area contributed by atoms with E-state index in [0.29, 0.717) is 6.61 Å². The summed E-state index contributed by atoms with van der Waals surface area (Å²) in [5, 5.41) is 6.58. The number of guanidine groups is 1. The minimum atomic E-state index is 0. The lowest BCUT2D eigenvalue weighted by Gasteiger charge is -2.26. The number of ether oxygens (including phenoxy) is 2. The Morgan fingerprint density at radius 1 is 1.28 bits per heavy atom. The van der Waals surface area contributed by atoms with Crippen LogP contribution in [0.25, 0.3) is 0 Å². The Bertz CT molecular complexity index is 508. The molecule has 0 radical (unpaired) electrons. The van der Waals surface area contributed by atoms with Gasteiger partial charge in [-0.3, -0.25) is 9.89 Å². The van der Waals surface area contributed by atoms with E-state index in [0.717, 1.165) is 64.1 Å². The van der Waals surface area contributed by atoms with Crippen LogP contribution in [0.4, 0.5) is 0 Å². The minimum Gasteiger partial charge on any atom is -0.492 e. The van der Waals surface area contributed by atoms with Crippen LogP contribution in [0.15, 0.2) is 29.3 Å². The number of hydrogen-bond acceptors (Lipinski definition) is 4. The molecule has 0 bridgehead atoms. The first-order valence-electron chi connectivity index (χ1n) is 8.78. The van der Waals surface area contributed by atoms with Gasteiger partial charge in [-0.05, 0) is 24.1 Å². The number of morpholine rings is 1. The number of hydrogen-bond donors (Lipinski definition) is 2. The zero-order valence-electron chi connectivity index (χ0n) is 15.3. The molecule has 0 saturated carbocycles. The van der Waals surface area contributed by atoms with E-state index in [4.69, 9.17) is 9.47 Å². The Morgan fingerprint density at radius 3 is 2.80 bits per heavy atom. The van der Waals surface area contributed by atoms with Gasteiger partial charge in [-0.2, -0.15) is 0 Å². The largest absolute Gasteiger partial charge is 0.492 e. The van der Waals surface area contributed by atoms with Crippen molar-refractivity contribution in [2.45, 2.75) is 19.9 Å². The van der Waals surface area contributed by atoms with Gasteiger partial charge < -0.3 is 20.1 Å². The molecule has 2 N–H and O–H groups in total. The molecule has 142 valence electrons. The molecule has 2 rings (SSSR count). The molecule has 6 nitrogen and oxygen atoms in total. The van der Waals surface area contributed by atoms with Crippen molar-refractivity contribution in [3.05, 3.63) is 29.8 Å². The van der Waals surface area contributed by atoms with Gasteiger partial charge in [0, 0.05) is 39.8 Å². The first kappa shape index (κ1) is 22.0. The van der Waals surface area contributed by atoms with E-state index in [1.54, 1.807) is 7.05 Å². The smallest absolute Gasteiger partial charge is 0.191 e. The molecule has 0 spiro atoms. The number of rotatable bonds is 8. The molecule has 0 unspecified atom stereocenters. The molecule has 1 fully saturated rings. The van der Waals surface area contributed by atoms with Gasteiger partial charge in [-0.15, -0.1) is 24.0 Å². The minimum absolute atomic E-state index is 0. The maximum Gasteiger partial charge on any atom is 0.191 e. The van der Waals surface area contributed by atoms with Crippen molar-refractivity contribution >= 4 is 29.9 Å². The van der Waals surface area contributed by atoms with Crippen molar-refractivity contribution in [1.82, 2.24) is 15.5 Å². The number of aliphatic imine (C=N–C) groups is 1. The molecule has 1 aromatic rings. The van der Waals surface area contributed by atoms with Crippen LogP contribution in [0.5, 0.6) is 5.75 Å². The highest BCUT2D eigenvalue weighted by Crippen LogP contribution is 2.13. The molecule has 1 saturated heterocycles. The van der Waals surface area contributed by atoms with Crippen molar-refractivity contribution in [2.24, 2.45) is 4.99 Å². The van der Waals surface area contributed by atoms with Crippen LogP contribution in [0, 0.1) is 0 Å². The second-order valence-corrected chi connectivity index (χ2v) is 5.80. The van der Waals surface area contributed by atoms with Gasteiger partial charge in [0.2, 0.25) is 0 Å². The molecule has 1 aliphatic rings. The van der Waals surface area contributed by atoms with Crippen LogP contribution in [0.3, 0.4) is 0 Å². The lowest BCUT2D eigenvalue weighted by Crippen LogP contribution is -2.38. The van der Waals surface area contributed by atoms with Crippen molar-refractivity contribution in [3.8, 4) is 5.75 Å². The van der Waals surface area contributed by atoms with E-state index in [1.807, 2.05) is 12.1 Å². The van der Waals surface area contributed by atoms with Gasteiger partial charge in [-0.25, -0.2) is 0 Å². The summed E-state index contributed by atoms with van der Waals surface area (Å²) in [6, 6.07) is 8.21. The van der Waals surface area contributed by atoms with Gasteiger partial charge in [-0.1, -0.05) is 19.1 Å². The van der Waals surface area contributed by atoms with Crippen LogP contribution in [0.2, 0.25) is 0 Å². The topological polar surface area (TPSA) is 58.1 Å². The number of nitrogens with one attached hydrogen (secondary N) is 2. The maximum absolute atomic E-state index is 5.89. The zero-order valence-corrected chi connectivity index (χ0v) is 17.6. The second kappa shape index (κ2) is 13.2. The molecule has 1 aliphatic heterocycles. The average molecular weight is 462 g/mol. The number of halogens is 1. The van der Waals surface area contributed by atoms with Gasteiger partial charge in [0.25, 0.3) is 0 Å². The highest BCUT2D eigenvalue weighted by molar-refractivity contribution is 14.0. The summed E-state index contributed by atoms with van der Waals surface area (Å²) >= 11 is 0. The fraction of sp³-hybridized carbons (Fsp3) is 0.611. The third kappa shape index (κ3) is 8.73. The van der Waals surface area contributed by atoms with E-state index >= 15 is 0 Å². The van der Waals surface area contributed by atoms with Crippen molar-refractivity contribution in [2.75, 3.05) is 53.0 Å². The van der Waals surface area contributed by atoms with Gasteiger partial charge in [0.1, 0.15) is 12.4 Å². The Hall–Kier alpha value is -1.06. The highest BCUT2D eigenvalue weighted by atomic mass is 127. The molecule has 0 aromatic heterocycles. The third-order valence-corrected chi connectivity index (χ3v) is 3.90. The predicted molar refractivity (Wildman–Crippen MR) is 113 cm³/mol. The molecule has 0 amide bonds. The lowest BCUT2D eigenvalue weighted by atomic mass is 10.2. The Balaban J connectivity index is 0.00000312. The molecule has 7 heteroatoms. The van der Waals surface area contributed by atoms with E-state index in [9.17, 15) is 0 Å². The molecule has 25 heavy (non-hydrogen) atoms. The summed E-state index contributed by atoms with van der Waals surface area (Å²) < 4.78 is 11.2. The van der Waals surface area contributed by atoms with E-state index in [1.165, 1.54) is 5.56 Å². The Kier molecular flexibility index (Phi) is 11.6. The van der Waals surface area contributed by atoms with Crippen LogP contribution in [-0.2, 0) is 11.3 Å². The number of benzene rings is 1. The molecular formula is C18H31IN4O2. The van der Waals surface area contributed by atoms with Crippen LogP contribution < -0.4 is 15.4 Å². The first-order chi connectivity index (χ1) is 11.8. The highest BCUT2D eigenvalue weighted by Gasteiger charge is 2.09. The first-order valence-corrected chi connectivity index (χ1v) is 8.78. The Morgan fingerprint density at radius 2 is 2.08 bits per heavy atom. The van der Waals surface area contributed by atoms with Crippen LogP contribution in [-0.4, -0.2) is 63.9 Å². The molecule has 0 aliphatic carbocycles. The van der Waals surface area contributed by atoms with Gasteiger partial charge in [0.05, 0.1) is 13.2 Å². The summed E-state index contributed by atoms with van der Waals surface area (Å²) in [6.07, 6.45) is 1.08. The molecule has 0 atom stereocenters. The van der Waals surface area contributed by atoms with Gasteiger partial charge >= 0.3 is 0 Å². The fourth-order valence-corrected chi connectivity index (χ4v) is 2.51. The summed E-state index contributed by atoms with van der Waals surface area (Å²) in [7, 11) is 1.79. The predicted octanol–water partition coefficient (Wildman–Crippen LogP) is 2.09. The van der Waals surface area contributed by atoms with Crippen molar-refractivity contribution in [1.29, 1.82) is 0 Å². The second-order valence-electron chi connectivity index (χ2n) is 5.80. The summed E-state index contributed by atoms with van der Waals surface area (Å²) in [4.78, 5) is 6.59. The van der Waals surface area contributed by atoms with E-state index in [-0.39, 0.29) is 24.0 Å². The monoisotopic (exact) mass is 462 g/mol. The molecule has 1 aromatic carbocycles. The van der Waals surface area contributed by atoms with Gasteiger partial charge in [0.15, 0.2) is 5.96 Å². The normalized spacial score (nSPS) is 15.4. The summed E-state index contributed by atoms with van der Waals surface area (Å²) in [5.41, 5.74) is 1.18. The molecule has 1 heterocycles. The average Bonchev–Trinajstić information content (AvgIpc) is 2.63. The lowest BCUT2D eigenvalue weighted by molar-refractivity contribution is 0.0322. The maximum atomic E-state index is 5.89. The van der Waals surface area contributed by atoms with Crippen LogP contribution in [0.1, 0.15) is 18.9 Å². The number of nitrogens with zero attached hydrogens (tertiary/aromatic N) is 2. The van der Waals surface area contributed by atoms with Crippen molar-refractivity contribution < 1.29 is 9.47 Å². The summed E-state index contributed by atoms with van der Waals surface area (Å²) in [6.45, 7) is 9.08. The fourth-order valence-electron chi connectivity index (χ4n) is 2.51. The zero-order chi connectivity index (χ0) is 17.0. The molecular weight excluding hydrogens is 431 g/mol. The third-order valence-electron chi connectivity index (χ3n) is 3.90. The quantitative estimate of drug-likeness (QED) is 0.352. The van der Waals surface area contributed by atoms with Crippen LogP contribution >= 0.6 is 24.0 Å². The van der Waals surface area contributed by atoms with Crippen molar-refractivity contribution in [3.63, 3.8) is 0 Å². The van der Waals surface area contributed by atoms with E-state index in [2.05, 4.69) is 39.6 Å². The summed E-state index contributed by atoms with van der Waals surface area (Å²) in [5.74, 6) is 1.74.